The largest absolute Gasteiger partial charge is 0.493 e. The van der Waals surface area contributed by atoms with Gasteiger partial charge in [-0.15, -0.1) is 0 Å². The number of halogens is 1. The molecule has 0 fully saturated rings. The number of aromatic nitrogens is 2. The maximum absolute atomic E-state index is 14.7. The molecule has 0 atom stereocenters. The molecule has 0 bridgehead atoms. The molecule has 0 amide bonds. The van der Waals surface area contributed by atoms with Gasteiger partial charge >= 0.3 is 0 Å². The van der Waals surface area contributed by atoms with Crippen LogP contribution in [0.5, 0.6) is 11.5 Å². The summed E-state index contributed by atoms with van der Waals surface area (Å²) in [5.41, 5.74) is 6.28. The van der Waals surface area contributed by atoms with Crippen molar-refractivity contribution in [1.82, 2.24) is 9.97 Å². The topological polar surface area (TPSA) is 68.6 Å². The Balaban J connectivity index is 1.58. The summed E-state index contributed by atoms with van der Waals surface area (Å²) in [6.07, 6.45) is 1.77. The SMILES string of the molecule is COc1ccc(Nc2ncc3c(n2)-c2ccc(C)cc2C(c2ccccc2F)=NC3)cc1OC. The van der Waals surface area contributed by atoms with E-state index in [9.17, 15) is 4.39 Å². The highest BCUT2D eigenvalue weighted by atomic mass is 19.1. The lowest BCUT2D eigenvalue weighted by Gasteiger charge is -2.14. The zero-order chi connectivity index (χ0) is 23.7. The number of nitrogens with one attached hydrogen (secondary N) is 1. The number of methoxy groups -OCH3 is 2. The van der Waals surface area contributed by atoms with E-state index in [1.54, 1.807) is 32.5 Å². The fraction of sp³-hybridized carbons (Fsp3) is 0.148. The minimum absolute atomic E-state index is 0.304. The van der Waals surface area contributed by atoms with Gasteiger partial charge < -0.3 is 14.8 Å². The van der Waals surface area contributed by atoms with Gasteiger partial charge in [0.2, 0.25) is 5.95 Å². The predicted molar refractivity (Wildman–Crippen MR) is 131 cm³/mol. The van der Waals surface area contributed by atoms with Crippen molar-refractivity contribution in [2.75, 3.05) is 19.5 Å². The molecule has 3 aromatic carbocycles. The molecule has 0 radical (unpaired) electrons. The van der Waals surface area contributed by atoms with E-state index in [2.05, 4.69) is 10.3 Å². The van der Waals surface area contributed by atoms with Gasteiger partial charge in [-0.2, -0.15) is 0 Å². The Bertz CT molecular complexity index is 1420. The second-order valence-corrected chi connectivity index (χ2v) is 7.96. The molecule has 170 valence electrons. The first-order chi connectivity index (χ1) is 16.6. The molecular weight excluding hydrogens is 431 g/mol. The van der Waals surface area contributed by atoms with E-state index in [1.165, 1.54) is 6.07 Å². The van der Waals surface area contributed by atoms with Crippen LogP contribution in [0.4, 0.5) is 16.0 Å². The van der Waals surface area contributed by atoms with Crippen LogP contribution in [-0.4, -0.2) is 29.9 Å². The highest BCUT2D eigenvalue weighted by Gasteiger charge is 2.22. The van der Waals surface area contributed by atoms with Gasteiger partial charge in [-0.25, -0.2) is 14.4 Å². The van der Waals surface area contributed by atoms with Crippen molar-refractivity contribution in [2.45, 2.75) is 13.5 Å². The number of aliphatic imine (C=N–C) groups is 1. The van der Waals surface area contributed by atoms with Crippen molar-refractivity contribution in [1.29, 1.82) is 0 Å². The quantitative estimate of drug-likeness (QED) is 0.419. The molecule has 2 heterocycles. The standard InChI is InChI=1S/C27H23FN4O2/c1-16-8-10-19-21(12-16)26(20-6-4-5-7-22(20)28)29-14-17-15-30-27(32-25(17)19)31-18-9-11-23(33-2)24(13-18)34-3/h4-13,15H,14H2,1-3H3,(H,30,31,32). The number of hydrogen-bond donors (Lipinski definition) is 1. The lowest BCUT2D eigenvalue weighted by atomic mass is 9.93. The molecule has 1 aliphatic heterocycles. The molecule has 1 aliphatic rings. The number of benzene rings is 3. The number of aryl methyl sites for hydroxylation is 1. The molecule has 7 heteroatoms. The average molecular weight is 455 g/mol. The van der Waals surface area contributed by atoms with Crippen LogP contribution in [0.15, 0.2) is 71.9 Å². The van der Waals surface area contributed by atoms with Crippen LogP contribution in [0.25, 0.3) is 11.3 Å². The van der Waals surface area contributed by atoms with Gasteiger partial charge in [-0.05, 0) is 37.3 Å². The summed E-state index contributed by atoms with van der Waals surface area (Å²) in [5, 5.41) is 3.24. The second-order valence-electron chi connectivity index (χ2n) is 7.96. The first-order valence-electron chi connectivity index (χ1n) is 10.8. The Morgan fingerprint density at radius 2 is 1.71 bits per heavy atom. The van der Waals surface area contributed by atoms with Crippen molar-refractivity contribution in [3.8, 4) is 22.8 Å². The summed E-state index contributed by atoms with van der Waals surface area (Å²) in [4.78, 5) is 14.1. The van der Waals surface area contributed by atoms with Crippen LogP contribution in [0, 0.1) is 12.7 Å². The third-order valence-corrected chi connectivity index (χ3v) is 5.73. The minimum atomic E-state index is -0.304. The van der Waals surface area contributed by atoms with Gasteiger partial charge in [0.25, 0.3) is 0 Å². The molecule has 0 saturated heterocycles. The highest BCUT2D eigenvalue weighted by Crippen LogP contribution is 2.34. The van der Waals surface area contributed by atoms with Crippen molar-refractivity contribution in [2.24, 2.45) is 4.99 Å². The smallest absolute Gasteiger partial charge is 0.227 e. The summed E-state index contributed by atoms with van der Waals surface area (Å²) < 4.78 is 25.4. The van der Waals surface area contributed by atoms with Crippen LogP contribution >= 0.6 is 0 Å². The van der Waals surface area contributed by atoms with E-state index in [0.29, 0.717) is 35.3 Å². The second kappa shape index (κ2) is 8.94. The molecule has 34 heavy (non-hydrogen) atoms. The van der Waals surface area contributed by atoms with Crippen molar-refractivity contribution in [3.05, 3.63) is 94.9 Å². The van der Waals surface area contributed by atoms with Gasteiger partial charge in [0.05, 0.1) is 32.2 Å². The Morgan fingerprint density at radius 3 is 2.50 bits per heavy atom. The summed E-state index contributed by atoms with van der Waals surface area (Å²) >= 11 is 0. The molecule has 1 N–H and O–H groups in total. The van der Waals surface area contributed by atoms with E-state index in [1.807, 2.05) is 49.4 Å². The molecule has 4 aromatic rings. The van der Waals surface area contributed by atoms with Crippen LogP contribution in [0.2, 0.25) is 0 Å². The molecule has 5 rings (SSSR count). The Morgan fingerprint density at radius 1 is 0.882 bits per heavy atom. The monoisotopic (exact) mass is 454 g/mol. The first-order valence-corrected chi connectivity index (χ1v) is 10.8. The van der Waals surface area contributed by atoms with E-state index in [4.69, 9.17) is 19.5 Å². The maximum atomic E-state index is 14.7. The summed E-state index contributed by atoms with van der Waals surface area (Å²) in [7, 11) is 3.18. The zero-order valence-electron chi connectivity index (χ0n) is 19.1. The van der Waals surface area contributed by atoms with Crippen LogP contribution < -0.4 is 14.8 Å². The van der Waals surface area contributed by atoms with Crippen molar-refractivity contribution < 1.29 is 13.9 Å². The molecule has 0 spiro atoms. The molecule has 6 nitrogen and oxygen atoms in total. The number of fused-ring (bicyclic) bond motifs is 3. The van der Waals surface area contributed by atoms with Gasteiger partial charge in [0.1, 0.15) is 5.82 Å². The van der Waals surface area contributed by atoms with Crippen LogP contribution in [0.1, 0.15) is 22.3 Å². The van der Waals surface area contributed by atoms with Crippen molar-refractivity contribution in [3.63, 3.8) is 0 Å². The van der Waals surface area contributed by atoms with Gasteiger partial charge in [0, 0.05) is 40.2 Å². The lowest BCUT2D eigenvalue weighted by molar-refractivity contribution is 0.355. The lowest BCUT2D eigenvalue weighted by Crippen LogP contribution is -2.07. The third kappa shape index (κ3) is 3.96. The summed E-state index contributed by atoms with van der Waals surface area (Å²) in [6, 6.07) is 18.3. The Hall–Kier alpha value is -4.26. The number of anilines is 2. The Labute approximate surface area is 197 Å². The van der Waals surface area contributed by atoms with Crippen LogP contribution in [-0.2, 0) is 6.54 Å². The van der Waals surface area contributed by atoms with Crippen LogP contribution in [0.3, 0.4) is 0 Å². The molecular formula is C27H23FN4O2. The fourth-order valence-corrected chi connectivity index (χ4v) is 4.05. The average Bonchev–Trinajstić information content (AvgIpc) is 3.00. The number of nitrogens with zero attached hydrogens (tertiary/aromatic N) is 3. The number of rotatable bonds is 5. The minimum Gasteiger partial charge on any atom is -0.493 e. The number of ether oxygens (including phenoxy) is 2. The van der Waals surface area contributed by atoms with Gasteiger partial charge in [-0.1, -0.05) is 29.8 Å². The summed E-state index contributed by atoms with van der Waals surface area (Å²) in [5.74, 6) is 1.37. The van der Waals surface area contributed by atoms with Gasteiger partial charge in [0.15, 0.2) is 11.5 Å². The van der Waals surface area contributed by atoms with E-state index >= 15 is 0 Å². The molecule has 0 unspecified atom stereocenters. The van der Waals surface area contributed by atoms with E-state index in [-0.39, 0.29) is 5.82 Å². The zero-order valence-corrected chi connectivity index (χ0v) is 19.1. The number of hydrogen-bond acceptors (Lipinski definition) is 6. The molecule has 0 aliphatic carbocycles. The van der Waals surface area contributed by atoms with E-state index < -0.39 is 0 Å². The summed E-state index contributed by atoms with van der Waals surface area (Å²) in [6.45, 7) is 2.36. The highest BCUT2D eigenvalue weighted by molar-refractivity contribution is 6.17. The normalized spacial score (nSPS) is 12.2. The van der Waals surface area contributed by atoms with Gasteiger partial charge in [-0.3, -0.25) is 4.99 Å². The maximum Gasteiger partial charge on any atom is 0.227 e. The molecule has 1 aromatic heterocycles. The first kappa shape index (κ1) is 21.6. The Kier molecular flexibility index (Phi) is 5.67. The predicted octanol–water partition coefficient (Wildman–Crippen LogP) is 5.70. The molecule has 0 saturated carbocycles. The third-order valence-electron chi connectivity index (χ3n) is 5.73. The van der Waals surface area contributed by atoms with Crippen molar-refractivity contribution >= 4 is 17.3 Å². The fourth-order valence-electron chi connectivity index (χ4n) is 4.05. The van der Waals surface area contributed by atoms with E-state index in [0.717, 1.165) is 33.6 Å².